The van der Waals surface area contributed by atoms with Crippen LogP contribution in [0.25, 0.3) is 0 Å². The fourth-order valence-electron chi connectivity index (χ4n) is 1.35. The number of alkyl halides is 1. The van der Waals surface area contributed by atoms with E-state index in [9.17, 15) is 4.79 Å². The minimum absolute atomic E-state index is 0.0680. The van der Waals surface area contributed by atoms with Gasteiger partial charge in [0.2, 0.25) is 0 Å². The minimum atomic E-state index is -0.0680. The lowest BCUT2D eigenvalue weighted by atomic mass is 10.1. The first-order valence-electron chi connectivity index (χ1n) is 4.96. The molecular weight excluding hydrogens is 320 g/mol. The van der Waals surface area contributed by atoms with Crippen LogP contribution in [-0.4, -0.2) is 10.6 Å². The Morgan fingerprint density at radius 3 is 2.67 bits per heavy atom. The lowest BCUT2D eigenvalue weighted by Gasteiger charge is -2.09. The number of hydrogen-bond acceptors (Lipinski definition) is 1. The van der Waals surface area contributed by atoms with Crippen molar-refractivity contribution >= 4 is 37.6 Å². The summed E-state index contributed by atoms with van der Waals surface area (Å²) >= 11 is 6.94. The molecule has 1 unspecified atom stereocenters. The zero-order chi connectivity index (χ0) is 11.4. The molecule has 3 heteroatoms. The largest absolute Gasteiger partial charge is 0.298 e. The second-order valence-corrected chi connectivity index (χ2v) is 5.55. The van der Waals surface area contributed by atoms with Crippen LogP contribution in [0.3, 0.4) is 0 Å². The van der Waals surface area contributed by atoms with Crippen molar-refractivity contribution in [1.82, 2.24) is 0 Å². The molecular formula is C12H14Br2O. The van der Waals surface area contributed by atoms with E-state index in [0.29, 0.717) is 6.42 Å². The van der Waals surface area contributed by atoms with Crippen molar-refractivity contribution in [2.24, 2.45) is 0 Å². The maximum absolute atomic E-state index is 11.4. The van der Waals surface area contributed by atoms with E-state index in [1.807, 2.05) is 6.92 Å². The Hall–Kier alpha value is -0.150. The van der Waals surface area contributed by atoms with Gasteiger partial charge in [0, 0.05) is 10.9 Å². The van der Waals surface area contributed by atoms with Crippen LogP contribution >= 0.6 is 31.9 Å². The van der Waals surface area contributed by atoms with Crippen LogP contribution < -0.4 is 0 Å². The summed E-state index contributed by atoms with van der Waals surface area (Å²) in [5, 5.41) is 0. The summed E-state index contributed by atoms with van der Waals surface area (Å²) in [6, 6.07) is 6.21. The topological polar surface area (TPSA) is 17.1 Å². The predicted molar refractivity (Wildman–Crippen MR) is 70.6 cm³/mol. The van der Waals surface area contributed by atoms with Crippen LogP contribution in [0.5, 0.6) is 0 Å². The molecule has 82 valence electrons. The van der Waals surface area contributed by atoms with Crippen molar-refractivity contribution in [2.75, 3.05) is 0 Å². The first-order valence-corrected chi connectivity index (χ1v) is 6.67. The fourth-order valence-corrected chi connectivity index (χ4v) is 2.67. The number of carbonyl (C=O) groups excluding carboxylic acids is 1. The molecule has 0 fully saturated rings. The Labute approximate surface area is 108 Å². The smallest absolute Gasteiger partial charge is 0.146 e. The van der Waals surface area contributed by atoms with Crippen molar-refractivity contribution < 1.29 is 4.79 Å². The van der Waals surface area contributed by atoms with E-state index in [-0.39, 0.29) is 10.6 Å². The van der Waals surface area contributed by atoms with Gasteiger partial charge in [0.15, 0.2) is 0 Å². The third-order valence-corrected chi connectivity index (χ3v) is 3.88. The Bertz CT molecular complexity index is 361. The summed E-state index contributed by atoms with van der Waals surface area (Å²) in [6.07, 6.45) is 1.33. The van der Waals surface area contributed by atoms with Gasteiger partial charge in [0.25, 0.3) is 0 Å². The molecule has 0 heterocycles. The molecule has 0 aliphatic heterocycles. The molecule has 1 aromatic rings. The Kier molecular flexibility index (Phi) is 5.00. The van der Waals surface area contributed by atoms with Gasteiger partial charge in [-0.1, -0.05) is 50.9 Å². The number of hydrogen-bond donors (Lipinski definition) is 0. The Balaban J connectivity index is 2.76. The van der Waals surface area contributed by atoms with E-state index < -0.39 is 0 Å². The summed E-state index contributed by atoms with van der Waals surface area (Å²) in [4.78, 5) is 11.4. The quantitative estimate of drug-likeness (QED) is 0.760. The first-order chi connectivity index (χ1) is 7.04. The molecule has 0 saturated heterocycles. The summed E-state index contributed by atoms with van der Waals surface area (Å²) in [5.41, 5.74) is 2.39. The number of ketones is 1. The highest BCUT2D eigenvalue weighted by atomic mass is 79.9. The van der Waals surface area contributed by atoms with Gasteiger partial charge in [-0.05, 0) is 30.5 Å². The summed E-state index contributed by atoms with van der Waals surface area (Å²) in [7, 11) is 0. The fraction of sp³-hybridized carbons (Fsp3) is 0.417. The zero-order valence-corrected chi connectivity index (χ0v) is 12.1. The van der Waals surface area contributed by atoms with Crippen molar-refractivity contribution in [1.29, 1.82) is 0 Å². The molecule has 0 amide bonds. The van der Waals surface area contributed by atoms with Gasteiger partial charge in [0.1, 0.15) is 5.78 Å². The van der Waals surface area contributed by atoms with Crippen LogP contribution in [-0.2, 0) is 11.2 Å². The van der Waals surface area contributed by atoms with Gasteiger partial charge in [-0.3, -0.25) is 4.79 Å². The third kappa shape index (κ3) is 3.72. The van der Waals surface area contributed by atoms with E-state index in [2.05, 4.69) is 57.0 Å². The minimum Gasteiger partial charge on any atom is -0.298 e. The second-order valence-electron chi connectivity index (χ2n) is 3.59. The van der Waals surface area contributed by atoms with Crippen molar-refractivity contribution in [2.45, 2.75) is 31.5 Å². The standard InChI is InChI=1S/C12H14Br2O/c1-3-12(15)11(14)7-9-5-4-8(2)6-10(9)13/h4-6,11H,3,7H2,1-2H3. The van der Waals surface area contributed by atoms with Gasteiger partial charge >= 0.3 is 0 Å². The third-order valence-electron chi connectivity index (χ3n) is 2.31. The SMILES string of the molecule is CCC(=O)C(Br)Cc1ccc(C)cc1Br. The van der Waals surface area contributed by atoms with Crippen LogP contribution in [0.4, 0.5) is 0 Å². The van der Waals surface area contributed by atoms with Crippen molar-refractivity contribution in [3.63, 3.8) is 0 Å². The Morgan fingerprint density at radius 2 is 2.13 bits per heavy atom. The highest BCUT2D eigenvalue weighted by Gasteiger charge is 2.14. The van der Waals surface area contributed by atoms with E-state index in [1.165, 1.54) is 11.1 Å². The normalized spacial score (nSPS) is 12.5. The molecule has 0 saturated carbocycles. The van der Waals surface area contributed by atoms with E-state index in [0.717, 1.165) is 10.9 Å². The van der Waals surface area contributed by atoms with Gasteiger partial charge in [-0.15, -0.1) is 0 Å². The first kappa shape index (κ1) is 12.9. The molecule has 15 heavy (non-hydrogen) atoms. The molecule has 0 bridgehead atoms. The van der Waals surface area contributed by atoms with Crippen LogP contribution in [0.2, 0.25) is 0 Å². The summed E-state index contributed by atoms with van der Waals surface area (Å²) in [5.74, 6) is 0.252. The molecule has 0 aromatic heterocycles. The number of carbonyl (C=O) groups is 1. The van der Waals surface area contributed by atoms with E-state index in [4.69, 9.17) is 0 Å². The molecule has 0 radical (unpaired) electrons. The van der Waals surface area contributed by atoms with Gasteiger partial charge < -0.3 is 0 Å². The molecule has 0 N–H and O–H groups in total. The highest BCUT2D eigenvalue weighted by molar-refractivity contribution is 9.10. The summed E-state index contributed by atoms with van der Waals surface area (Å²) in [6.45, 7) is 3.94. The second kappa shape index (κ2) is 5.80. The number of aryl methyl sites for hydroxylation is 1. The van der Waals surface area contributed by atoms with Crippen molar-refractivity contribution in [3.05, 3.63) is 33.8 Å². The Morgan fingerprint density at radius 1 is 1.47 bits per heavy atom. The van der Waals surface area contributed by atoms with Gasteiger partial charge in [0.05, 0.1) is 4.83 Å². The predicted octanol–water partition coefficient (Wildman–Crippen LogP) is 4.04. The van der Waals surface area contributed by atoms with Crippen LogP contribution in [0.1, 0.15) is 24.5 Å². The molecule has 0 spiro atoms. The number of benzene rings is 1. The average molecular weight is 334 g/mol. The molecule has 0 aliphatic carbocycles. The van der Waals surface area contributed by atoms with Crippen LogP contribution in [0.15, 0.2) is 22.7 Å². The lowest BCUT2D eigenvalue weighted by Crippen LogP contribution is -2.15. The average Bonchev–Trinajstić information content (AvgIpc) is 2.20. The maximum Gasteiger partial charge on any atom is 0.146 e. The molecule has 0 aliphatic rings. The van der Waals surface area contributed by atoms with Gasteiger partial charge in [-0.25, -0.2) is 0 Å². The highest BCUT2D eigenvalue weighted by Crippen LogP contribution is 2.22. The lowest BCUT2D eigenvalue weighted by molar-refractivity contribution is -0.118. The number of Topliss-reactive ketones (excluding diaryl/α,β-unsaturated/α-hetero) is 1. The molecule has 1 nitrogen and oxygen atoms in total. The van der Waals surface area contributed by atoms with Crippen LogP contribution in [0, 0.1) is 6.92 Å². The number of halogens is 2. The summed E-state index contributed by atoms with van der Waals surface area (Å²) < 4.78 is 1.08. The maximum atomic E-state index is 11.4. The molecule has 1 atom stereocenters. The van der Waals surface area contributed by atoms with Gasteiger partial charge in [-0.2, -0.15) is 0 Å². The molecule has 1 rings (SSSR count). The van der Waals surface area contributed by atoms with E-state index >= 15 is 0 Å². The zero-order valence-electron chi connectivity index (χ0n) is 8.89. The number of rotatable bonds is 4. The van der Waals surface area contributed by atoms with Crippen molar-refractivity contribution in [3.8, 4) is 0 Å². The molecule has 1 aromatic carbocycles. The van der Waals surface area contributed by atoms with E-state index in [1.54, 1.807) is 0 Å². The monoisotopic (exact) mass is 332 g/mol.